The molecule has 174 valence electrons. The molecule has 0 unspecified atom stereocenters. The number of nitrogens with zero attached hydrogens (tertiary/aromatic N) is 5. The van der Waals surface area contributed by atoms with Gasteiger partial charge in [-0.15, -0.1) is 11.8 Å². The third-order valence-corrected chi connectivity index (χ3v) is 5.75. The molecule has 1 aliphatic rings. The minimum absolute atomic E-state index is 0.236. The Hall–Kier alpha value is -3.92. The fraction of sp³-hybridized carbons (Fsp3) is 0.208. The lowest BCUT2D eigenvalue weighted by molar-refractivity contribution is 0.0150. The molecule has 0 atom stereocenters. The Morgan fingerprint density at radius 3 is 1.79 bits per heavy atom. The topological polar surface area (TPSA) is 97.4 Å². The van der Waals surface area contributed by atoms with Crippen LogP contribution in [0.1, 0.15) is 0 Å². The first kappa shape index (κ1) is 23.2. The first-order chi connectivity index (χ1) is 16.7. The summed E-state index contributed by atoms with van der Waals surface area (Å²) in [6.45, 7) is 0.850. The van der Waals surface area contributed by atoms with E-state index in [0.29, 0.717) is 17.1 Å². The molecule has 0 amide bonds. The summed E-state index contributed by atoms with van der Waals surface area (Å²) in [7, 11) is 1.23. The van der Waals surface area contributed by atoms with Gasteiger partial charge in [0, 0.05) is 18.0 Å². The van der Waals surface area contributed by atoms with Crippen molar-refractivity contribution in [3.8, 4) is 5.75 Å². The van der Waals surface area contributed by atoms with Crippen molar-refractivity contribution in [2.75, 3.05) is 37.0 Å². The van der Waals surface area contributed by atoms with Crippen LogP contribution in [0.2, 0.25) is 0 Å². The van der Waals surface area contributed by atoms with Gasteiger partial charge in [0.25, 0.3) is 0 Å². The second-order valence-corrected chi connectivity index (χ2v) is 8.16. The molecule has 0 saturated carbocycles. The number of rotatable bonds is 8. The van der Waals surface area contributed by atoms with Crippen molar-refractivity contribution in [3.63, 3.8) is 0 Å². The van der Waals surface area contributed by atoms with Crippen molar-refractivity contribution in [1.29, 1.82) is 0 Å². The number of carbonyl (C=O) groups is 1. The number of hydrogen-bond acceptors (Lipinski definition) is 10. The highest BCUT2D eigenvalue weighted by atomic mass is 32.2. The minimum atomic E-state index is -0.802. The first-order valence-corrected chi connectivity index (χ1v) is 11.6. The molecule has 0 spiro atoms. The highest BCUT2D eigenvalue weighted by molar-refractivity contribution is 7.99. The average molecular weight is 478 g/mol. The zero-order valence-corrected chi connectivity index (χ0v) is 19.4. The number of benzene rings is 3. The van der Waals surface area contributed by atoms with Gasteiger partial charge < -0.3 is 19.1 Å². The van der Waals surface area contributed by atoms with E-state index in [9.17, 15) is 4.79 Å². The summed E-state index contributed by atoms with van der Waals surface area (Å²) >= 11 is 1.94. The summed E-state index contributed by atoms with van der Waals surface area (Å²) in [5.74, 6) is 2.74. The van der Waals surface area contributed by atoms with Crippen LogP contribution in [0.5, 0.6) is 5.75 Å². The molecule has 3 aromatic rings. The monoisotopic (exact) mass is 477 g/mol. The van der Waals surface area contributed by atoms with Crippen LogP contribution >= 0.6 is 11.8 Å². The molecule has 10 heteroatoms. The lowest BCUT2D eigenvalue weighted by Crippen LogP contribution is -2.17. The van der Waals surface area contributed by atoms with Gasteiger partial charge in [-0.05, 0) is 72.8 Å². The van der Waals surface area contributed by atoms with Crippen molar-refractivity contribution < 1.29 is 19.0 Å². The highest BCUT2D eigenvalue weighted by Crippen LogP contribution is 2.27. The molecule has 34 heavy (non-hydrogen) atoms. The second kappa shape index (κ2) is 11.8. The molecule has 3 aromatic carbocycles. The fourth-order valence-electron chi connectivity index (χ4n) is 2.98. The van der Waals surface area contributed by atoms with Crippen LogP contribution < -0.4 is 9.64 Å². The molecule has 4 rings (SSSR count). The average Bonchev–Trinajstić information content (AvgIpc) is 3.43. The van der Waals surface area contributed by atoms with Gasteiger partial charge in [0.2, 0.25) is 6.79 Å². The fourth-order valence-corrected chi connectivity index (χ4v) is 3.96. The van der Waals surface area contributed by atoms with Gasteiger partial charge in [-0.1, -0.05) is 0 Å². The number of azo groups is 2. The molecule has 1 saturated heterocycles. The molecule has 0 N–H and O–H groups in total. The van der Waals surface area contributed by atoms with Crippen LogP contribution in [0.3, 0.4) is 0 Å². The number of carbonyl (C=O) groups excluding carboxylic acids is 1. The quantitative estimate of drug-likeness (QED) is 0.194. The molecule has 0 aliphatic carbocycles. The van der Waals surface area contributed by atoms with E-state index in [1.165, 1.54) is 18.6 Å². The summed E-state index contributed by atoms with van der Waals surface area (Å²) in [5.41, 5.74) is 4.10. The maximum atomic E-state index is 10.9. The SMILES string of the molecule is COC(=O)OCOc1ccc(N=Nc2ccc(N=Nc3ccc(N4CCSC4)cc3)cc2)cc1. The Morgan fingerprint density at radius 1 is 0.824 bits per heavy atom. The van der Waals surface area contributed by atoms with Gasteiger partial charge in [0.15, 0.2) is 0 Å². The van der Waals surface area contributed by atoms with Crippen LogP contribution in [0.4, 0.5) is 33.2 Å². The molecular formula is C24H23N5O4S. The summed E-state index contributed by atoms with van der Waals surface area (Å²) < 4.78 is 14.3. The second-order valence-electron chi connectivity index (χ2n) is 7.09. The standard InChI is InChI=1S/C24H23N5O4S/c1-31-24(30)33-17-32-23-12-8-21(9-13-23)28-26-19-4-2-18(3-5-19)25-27-20-6-10-22(11-7-20)29-14-15-34-16-29/h2-13H,14-17H2,1H3. The predicted octanol–water partition coefficient (Wildman–Crippen LogP) is 7.15. The Balaban J connectivity index is 1.28. The van der Waals surface area contributed by atoms with E-state index < -0.39 is 6.16 Å². The zero-order chi connectivity index (χ0) is 23.6. The van der Waals surface area contributed by atoms with Crippen LogP contribution in [-0.2, 0) is 9.47 Å². The maximum absolute atomic E-state index is 10.9. The van der Waals surface area contributed by atoms with E-state index >= 15 is 0 Å². The molecule has 1 aliphatic heterocycles. The van der Waals surface area contributed by atoms with E-state index in [-0.39, 0.29) is 6.79 Å². The third kappa shape index (κ3) is 6.79. The predicted molar refractivity (Wildman–Crippen MR) is 131 cm³/mol. The van der Waals surface area contributed by atoms with Crippen molar-refractivity contribution in [2.45, 2.75) is 0 Å². The molecular weight excluding hydrogens is 454 g/mol. The van der Waals surface area contributed by atoms with Crippen LogP contribution in [0.25, 0.3) is 0 Å². The largest absolute Gasteiger partial charge is 0.510 e. The lowest BCUT2D eigenvalue weighted by Gasteiger charge is -2.16. The Labute approximate surface area is 201 Å². The number of methoxy groups -OCH3 is 1. The van der Waals surface area contributed by atoms with Crippen LogP contribution in [0, 0.1) is 0 Å². The Bertz CT molecular complexity index is 1130. The molecule has 0 radical (unpaired) electrons. The van der Waals surface area contributed by atoms with Crippen LogP contribution in [0.15, 0.2) is 93.3 Å². The normalized spacial score (nSPS) is 13.5. The maximum Gasteiger partial charge on any atom is 0.510 e. The first-order valence-electron chi connectivity index (χ1n) is 10.5. The summed E-state index contributed by atoms with van der Waals surface area (Å²) in [6.07, 6.45) is -0.802. The van der Waals surface area contributed by atoms with Gasteiger partial charge in [-0.2, -0.15) is 20.5 Å². The lowest BCUT2D eigenvalue weighted by atomic mass is 10.2. The third-order valence-electron chi connectivity index (χ3n) is 4.78. The summed E-state index contributed by atoms with van der Waals surface area (Å²) in [5, 5.41) is 17.0. The van der Waals surface area contributed by atoms with E-state index in [0.717, 1.165) is 23.8 Å². The van der Waals surface area contributed by atoms with Crippen molar-refractivity contribution >= 4 is 46.4 Å². The zero-order valence-electron chi connectivity index (χ0n) is 18.5. The van der Waals surface area contributed by atoms with Gasteiger partial charge in [-0.3, -0.25) is 0 Å². The van der Waals surface area contributed by atoms with Crippen molar-refractivity contribution in [1.82, 2.24) is 0 Å². The van der Waals surface area contributed by atoms with E-state index in [1.807, 2.05) is 48.2 Å². The number of thioether (sulfide) groups is 1. The van der Waals surface area contributed by atoms with Gasteiger partial charge >= 0.3 is 6.16 Å². The summed E-state index contributed by atoms with van der Waals surface area (Å²) in [6, 6.07) is 22.3. The van der Waals surface area contributed by atoms with E-state index in [2.05, 4.69) is 47.0 Å². The van der Waals surface area contributed by atoms with E-state index in [1.54, 1.807) is 24.3 Å². The molecule has 1 heterocycles. The van der Waals surface area contributed by atoms with E-state index in [4.69, 9.17) is 4.74 Å². The minimum Gasteiger partial charge on any atom is -0.457 e. The smallest absolute Gasteiger partial charge is 0.457 e. The Kier molecular flexibility index (Phi) is 8.07. The molecule has 9 nitrogen and oxygen atoms in total. The van der Waals surface area contributed by atoms with Gasteiger partial charge in [-0.25, -0.2) is 4.79 Å². The summed E-state index contributed by atoms with van der Waals surface area (Å²) in [4.78, 5) is 13.2. The molecule has 0 aromatic heterocycles. The van der Waals surface area contributed by atoms with Crippen molar-refractivity contribution in [3.05, 3.63) is 72.8 Å². The van der Waals surface area contributed by atoms with Gasteiger partial charge in [0.1, 0.15) is 5.75 Å². The molecule has 0 bridgehead atoms. The number of anilines is 1. The Morgan fingerprint density at radius 2 is 1.32 bits per heavy atom. The number of hydrogen-bond donors (Lipinski definition) is 0. The molecule has 1 fully saturated rings. The van der Waals surface area contributed by atoms with Gasteiger partial charge in [0.05, 0.1) is 35.7 Å². The highest BCUT2D eigenvalue weighted by Gasteiger charge is 2.12. The van der Waals surface area contributed by atoms with Crippen molar-refractivity contribution in [2.24, 2.45) is 20.5 Å². The van der Waals surface area contributed by atoms with Crippen LogP contribution in [-0.4, -0.2) is 38.2 Å². The number of ether oxygens (including phenoxy) is 3.